The topological polar surface area (TPSA) is 72.7 Å². The number of nitrogens with one attached hydrogen (secondary N) is 1. The van der Waals surface area contributed by atoms with Crippen LogP contribution in [0.4, 0.5) is 5.69 Å². The van der Waals surface area contributed by atoms with E-state index in [-0.39, 0.29) is 5.91 Å². The van der Waals surface area contributed by atoms with E-state index in [1.54, 1.807) is 12.1 Å². The smallest absolute Gasteiger partial charge is 0.337 e. The zero-order valence-corrected chi connectivity index (χ0v) is 14.8. The van der Waals surface area contributed by atoms with Crippen molar-refractivity contribution in [2.45, 2.75) is 18.8 Å². The van der Waals surface area contributed by atoms with Gasteiger partial charge in [0.25, 0.3) is 5.91 Å². The molecule has 0 atom stereocenters. The fourth-order valence-electron chi connectivity index (χ4n) is 2.91. The summed E-state index contributed by atoms with van der Waals surface area (Å²) >= 11 is 6.17. The molecule has 7 heteroatoms. The molecule has 6 nitrogen and oxygen atoms in total. The van der Waals surface area contributed by atoms with E-state index in [0.29, 0.717) is 27.9 Å². The second-order valence-corrected chi connectivity index (χ2v) is 6.60. The fourth-order valence-corrected chi connectivity index (χ4v) is 3.07. The number of nitrogens with zero attached hydrogens (tertiary/aromatic N) is 2. The lowest BCUT2D eigenvalue weighted by Crippen LogP contribution is -2.14. The molecular weight excluding hydrogens is 354 g/mol. The lowest BCUT2D eigenvalue weighted by atomic mass is 10.2. The number of anilines is 1. The Morgan fingerprint density at radius 2 is 2.08 bits per heavy atom. The summed E-state index contributed by atoms with van der Waals surface area (Å²) in [5, 5.41) is 3.09. The van der Waals surface area contributed by atoms with Crippen LogP contribution in [0.1, 0.15) is 45.4 Å². The monoisotopic (exact) mass is 369 g/mol. The maximum absolute atomic E-state index is 12.8. The van der Waals surface area contributed by atoms with Gasteiger partial charge in [-0.25, -0.2) is 9.78 Å². The zero-order valence-electron chi connectivity index (χ0n) is 14.0. The Morgan fingerprint density at radius 1 is 1.27 bits per heavy atom. The third kappa shape index (κ3) is 2.93. The number of hydrogen-bond acceptors (Lipinski definition) is 4. The van der Waals surface area contributed by atoms with Crippen molar-refractivity contribution in [3.63, 3.8) is 0 Å². The van der Waals surface area contributed by atoms with Gasteiger partial charge < -0.3 is 14.5 Å². The van der Waals surface area contributed by atoms with E-state index in [9.17, 15) is 9.59 Å². The first kappa shape index (κ1) is 16.6. The molecule has 1 N–H and O–H groups in total. The van der Waals surface area contributed by atoms with Crippen molar-refractivity contribution >= 4 is 34.7 Å². The number of rotatable bonds is 4. The number of esters is 1. The third-order valence-electron chi connectivity index (χ3n) is 4.37. The average Bonchev–Trinajstić information content (AvgIpc) is 3.43. The molecule has 0 radical (unpaired) electrons. The van der Waals surface area contributed by atoms with E-state index >= 15 is 0 Å². The second kappa shape index (κ2) is 6.46. The number of methoxy groups -OCH3 is 1. The normalized spacial score (nSPS) is 13.6. The van der Waals surface area contributed by atoms with E-state index < -0.39 is 5.97 Å². The molecule has 2 heterocycles. The molecular formula is C19H16ClN3O3. The predicted molar refractivity (Wildman–Crippen MR) is 97.9 cm³/mol. The zero-order chi connectivity index (χ0) is 18.3. The Bertz CT molecular complexity index is 1020. The van der Waals surface area contributed by atoms with Crippen molar-refractivity contribution in [3.05, 3.63) is 64.7 Å². The molecule has 0 spiro atoms. The van der Waals surface area contributed by atoms with Gasteiger partial charge in [0.1, 0.15) is 5.82 Å². The minimum atomic E-state index is -0.499. The number of fused-ring (bicyclic) bond motifs is 1. The molecule has 2 aromatic heterocycles. The van der Waals surface area contributed by atoms with Crippen LogP contribution >= 0.6 is 11.6 Å². The molecule has 1 aromatic carbocycles. The van der Waals surface area contributed by atoms with Gasteiger partial charge in [-0.2, -0.15) is 0 Å². The minimum Gasteiger partial charge on any atom is -0.465 e. The van der Waals surface area contributed by atoms with Crippen LogP contribution in [0.3, 0.4) is 0 Å². The molecule has 1 aliphatic rings. The highest BCUT2D eigenvalue weighted by molar-refractivity contribution is 6.34. The first-order chi connectivity index (χ1) is 12.6. The van der Waals surface area contributed by atoms with Crippen molar-refractivity contribution < 1.29 is 14.3 Å². The van der Waals surface area contributed by atoms with Crippen molar-refractivity contribution in [2.24, 2.45) is 0 Å². The molecule has 1 amide bonds. The van der Waals surface area contributed by atoms with E-state index in [1.807, 2.05) is 28.8 Å². The number of halogens is 1. The van der Waals surface area contributed by atoms with Crippen LogP contribution in [0.25, 0.3) is 5.52 Å². The molecule has 0 saturated heterocycles. The summed E-state index contributed by atoms with van der Waals surface area (Å²) in [7, 11) is 1.30. The summed E-state index contributed by atoms with van der Waals surface area (Å²) < 4.78 is 6.66. The Balaban J connectivity index is 1.69. The van der Waals surface area contributed by atoms with Crippen LogP contribution in [0.15, 0.2) is 42.6 Å². The third-order valence-corrected chi connectivity index (χ3v) is 4.70. The molecule has 26 heavy (non-hydrogen) atoms. The highest BCUT2D eigenvalue weighted by Crippen LogP contribution is 2.40. The van der Waals surface area contributed by atoms with Gasteiger partial charge in [0.15, 0.2) is 5.69 Å². The quantitative estimate of drug-likeness (QED) is 0.708. The molecule has 3 aromatic rings. The van der Waals surface area contributed by atoms with Crippen molar-refractivity contribution in [1.82, 2.24) is 9.38 Å². The maximum Gasteiger partial charge on any atom is 0.337 e. The number of carbonyl (C=O) groups is 2. The SMILES string of the molecule is COC(=O)c1ccc(Cl)c(NC(=O)c2nc(C3CC3)n3ccccc23)c1. The van der Waals surface area contributed by atoms with Gasteiger partial charge in [0.2, 0.25) is 0 Å². The molecule has 0 unspecified atom stereocenters. The van der Waals surface area contributed by atoms with Crippen LogP contribution in [0.2, 0.25) is 5.02 Å². The van der Waals surface area contributed by atoms with E-state index in [2.05, 4.69) is 10.3 Å². The van der Waals surface area contributed by atoms with E-state index in [4.69, 9.17) is 16.3 Å². The average molecular weight is 370 g/mol. The number of pyridine rings is 1. The number of hydrogen-bond donors (Lipinski definition) is 1. The first-order valence-corrected chi connectivity index (χ1v) is 8.62. The Labute approximate surface area is 154 Å². The molecule has 0 aliphatic heterocycles. The van der Waals surface area contributed by atoms with Crippen molar-refractivity contribution in [2.75, 3.05) is 12.4 Å². The number of benzene rings is 1. The number of amides is 1. The van der Waals surface area contributed by atoms with Gasteiger partial charge in [-0.3, -0.25) is 4.79 Å². The molecule has 1 saturated carbocycles. The summed E-state index contributed by atoms with van der Waals surface area (Å²) in [6.45, 7) is 0. The van der Waals surface area contributed by atoms with Gasteiger partial charge in [-0.1, -0.05) is 17.7 Å². The van der Waals surface area contributed by atoms with Crippen molar-refractivity contribution in [3.8, 4) is 0 Å². The van der Waals surface area contributed by atoms with E-state index in [1.165, 1.54) is 13.2 Å². The number of aromatic nitrogens is 2. The Kier molecular flexibility index (Phi) is 4.12. The summed E-state index contributed by atoms with van der Waals surface area (Å²) in [6.07, 6.45) is 4.09. The van der Waals surface area contributed by atoms with Crippen LogP contribution < -0.4 is 5.32 Å². The van der Waals surface area contributed by atoms with Crippen LogP contribution in [0, 0.1) is 0 Å². The first-order valence-electron chi connectivity index (χ1n) is 8.24. The lowest BCUT2D eigenvalue weighted by Gasteiger charge is -2.08. The highest BCUT2D eigenvalue weighted by Gasteiger charge is 2.30. The molecule has 1 aliphatic carbocycles. The maximum atomic E-state index is 12.8. The van der Waals surface area contributed by atoms with Gasteiger partial charge in [0.05, 0.1) is 28.9 Å². The summed E-state index contributed by atoms with van der Waals surface area (Å²) in [6, 6.07) is 10.2. The van der Waals surface area contributed by atoms with Crippen molar-refractivity contribution in [1.29, 1.82) is 0 Å². The van der Waals surface area contributed by atoms with Crippen LogP contribution in [-0.4, -0.2) is 28.4 Å². The second-order valence-electron chi connectivity index (χ2n) is 6.19. The van der Waals surface area contributed by atoms with Gasteiger partial charge >= 0.3 is 5.97 Å². The fraction of sp³-hybridized carbons (Fsp3) is 0.211. The Morgan fingerprint density at radius 3 is 2.81 bits per heavy atom. The minimum absolute atomic E-state index is 0.306. The number of ether oxygens (including phenoxy) is 1. The highest BCUT2D eigenvalue weighted by atomic mass is 35.5. The lowest BCUT2D eigenvalue weighted by molar-refractivity contribution is 0.0600. The van der Waals surface area contributed by atoms with Crippen LogP contribution in [0.5, 0.6) is 0 Å². The molecule has 132 valence electrons. The molecule has 4 rings (SSSR count). The standard InChI is InChI=1S/C19H16ClN3O3/c1-26-19(25)12-7-8-13(20)14(10-12)21-18(24)16-15-4-2-3-9-23(15)17(22-16)11-5-6-11/h2-4,7-11H,5-6H2,1H3,(H,21,24). The van der Waals surface area contributed by atoms with Gasteiger partial charge in [-0.15, -0.1) is 0 Å². The Hall–Kier alpha value is -2.86. The summed E-state index contributed by atoms with van der Waals surface area (Å²) in [5.41, 5.74) is 1.73. The van der Waals surface area contributed by atoms with Gasteiger partial charge in [-0.05, 0) is 43.2 Å². The molecule has 1 fully saturated rings. The molecule has 0 bridgehead atoms. The van der Waals surface area contributed by atoms with Crippen LogP contribution in [-0.2, 0) is 4.74 Å². The predicted octanol–water partition coefficient (Wildman–Crippen LogP) is 3.90. The van der Waals surface area contributed by atoms with Gasteiger partial charge in [0, 0.05) is 12.1 Å². The number of carbonyl (C=O) groups excluding carboxylic acids is 2. The van der Waals surface area contributed by atoms with E-state index in [0.717, 1.165) is 24.2 Å². The largest absolute Gasteiger partial charge is 0.465 e. The summed E-state index contributed by atoms with van der Waals surface area (Å²) in [5.74, 6) is 0.433. The number of imidazole rings is 1. The summed E-state index contributed by atoms with van der Waals surface area (Å²) in [4.78, 5) is 29.1.